The minimum absolute atomic E-state index is 0.0501. The van der Waals surface area contributed by atoms with Crippen molar-refractivity contribution in [1.29, 1.82) is 0 Å². The molecule has 0 spiro atoms. The zero-order valence-electron chi connectivity index (χ0n) is 16.5. The van der Waals surface area contributed by atoms with Gasteiger partial charge in [0.15, 0.2) is 0 Å². The molecule has 2 amide bonds. The number of carbonyl (C=O) groups excluding carboxylic acids is 2. The number of sulfonamides is 1. The third-order valence-electron chi connectivity index (χ3n) is 4.50. The summed E-state index contributed by atoms with van der Waals surface area (Å²) in [6.45, 7) is 1.91. The highest BCUT2D eigenvalue weighted by atomic mass is 32.2. The first kappa shape index (κ1) is 21.1. The van der Waals surface area contributed by atoms with Crippen molar-refractivity contribution >= 4 is 27.5 Å². The molecule has 3 rings (SSSR count). The number of nitrogens with zero attached hydrogens (tertiary/aromatic N) is 1. The van der Waals surface area contributed by atoms with Crippen molar-refractivity contribution in [2.45, 2.75) is 11.8 Å². The van der Waals surface area contributed by atoms with E-state index in [0.29, 0.717) is 11.3 Å². The Bertz CT molecular complexity index is 1140. The number of nitrogens with one attached hydrogen (secondary N) is 2. The lowest BCUT2D eigenvalue weighted by atomic mass is 10.1. The van der Waals surface area contributed by atoms with Crippen LogP contribution in [0.1, 0.15) is 26.3 Å². The fourth-order valence-corrected chi connectivity index (χ4v) is 3.87. The van der Waals surface area contributed by atoms with Gasteiger partial charge in [0.1, 0.15) is 0 Å². The van der Waals surface area contributed by atoms with Crippen LogP contribution in [0, 0.1) is 6.92 Å². The van der Waals surface area contributed by atoms with Gasteiger partial charge >= 0.3 is 0 Å². The number of hydrazine groups is 1. The molecular weight excluding hydrogens is 402 g/mol. The number of anilines is 1. The van der Waals surface area contributed by atoms with Gasteiger partial charge in [-0.25, -0.2) is 8.42 Å². The molecule has 154 valence electrons. The molecule has 2 N–H and O–H groups in total. The Morgan fingerprint density at radius 2 is 1.20 bits per heavy atom. The van der Waals surface area contributed by atoms with E-state index in [1.54, 1.807) is 54.6 Å². The summed E-state index contributed by atoms with van der Waals surface area (Å²) in [6.07, 6.45) is 0. The van der Waals surface area contributed by atoms with Crippen LogP contribution in [0.15, 0.2) is 83.8 Å². The Balaban J connectivity index is 1.66. The van der Waals surface area contributed by atoms with Crippen LogP contribution in [0.4, 0.5) is 5.69 Å². The van der Waals surface area contributed by atoms with E-state index in [1.807, 2.05) is 6.92 Å². The largest absolute Gasteiger partial charge is 0.269 e. The Morgan fingerprint density at radius 3 is 1.70 bits per heavy atom. The van der Waals surface area contributed by atoms with Gasteiger partial charge < -0.3 is 0 Å². The maximum Gasteiger partial charge on any atom is 0.269 e. The second kappa shape index (κ2) is 8.79. The molecule has 0 aromatic heterocycles. The van der Waals surface area contributed by atoms with E-state index < -0.39 is 21.8 Å². The number of hydrogen-bond donors (Lipinski definition) is 2. The van der Waals surface area contributed by atoms with Crippen molar-refractivity contribution in [1.82, 2.24) is 10.9 Å². The molecule has 0 unspecified atom stereocenters. The molecule has 0 heterocycles. The highest BCUT2D eigenvalue weighted by Gasteiger charge is 2.21. The van der Waals surface area contributed by atoms with Crippen molar-refractivity contribution in [2.75, 3.05) is 11.4 Å². The number of benzene rings is 3. The van der Waals surface area contributed by atoms with Crippen molar-refractivity contribution in [3.63, 3.8) is 0 Å². The molecule has 0 fully saturated rings. The number of hydrogen-bond acceptors (Lipinski definition) is 4. The van der Waals surface area contributed by atoms with Crippen LogP contribution in [-0.4, -0.2) is 27.3 Å². The van der Waals surface area contributed by atoms with Gasteiger partial charge in [-0.3, -0.25) is 24.7 Å². The summed E-state index contributed by atoms with van der Waals surface area (Å²) in [7, 11) is -2.30. The van der Waals surface area contributed by atoms with Crippen LogP contribution in [0.5, 0.6) is 0 Å². The monoisotopic (exact) mass is 423 g/mol. The number of carbonyl (C=O) groups is 2. The van der Waals surface area contributed by atoms with Crippen molar-refractivity contribution in [3.8, 4) is 0 Å². The minimum atomic E-state index is -3.77. The van der Waals surface area contributed by atoms with Gasteiger partial charge in [-0.05, 0) is 55.5 Å². The maximum absolute atomic E-state index is 12.8. The van der Waals surface area contributed by atoms with Gasteiger partial charge in [-0.1, -0.05) is 35.9 Å². The van der Waals surface area contributed by atoms with Gasteiger partial charge in [-0.15, -0.1) is 0 Å². The van der Waals surface area contributed by atoms with E-state index in [9.17, 15) is 18.0 Å². The summed E-state index contributed by atoms with van der Waals surface area (Å²) in [5.74, 6) is -1.01. The van der Waals surface area contributed by atoms with Crippen LogP contribution in [0.2, 0.25) is 0 Å². The van der Waals surface area contributed by atoms with E-state index in [2.05, 4.69) is 10.9 Å². The molecular formula is C22H21N3O4S. The van der Waals surface area contributed by atoms with Crippen LogP contribution in [0.3, 0.4) is 0 Å². The van der Waals surface area contributed by atoms with E-state index in [4.69, 9.17) is 0 Å². The van der Waals surface area contributed by atoms with Crippen LogP contribution >= 0.6 is 0 Å². The first-order valence-electron chi connectivity index (χ1n) is 9.10. The van der Waals surface area contributed by atoms with Gasteiger partial charge in [0.05, 0.1) is 10.6 Å². The molecule has 30 heavy (non-hydrogen) atoms. The van der Waals surface area contributed by atoms with Crippen molar-refractivity contribution < 1.29 is 18.0 Å². The zero-order chi connectivity index (χ0) is 21.7. The van der Waals surface area contributed by atoms with E-state index in [0.717, 1.165) is 5.56 Å². The third-order valence-corrected chi connectivity index (χ3v) is 6.30. The van der Waals surface area contributed by atoms with E-state index in [-0.39, 0.29) is 10.5 Å². The first-order chi connectivity index (χ1) is 14.3. The van der Waals surface area contributed by atoms with Crippen molar-refractivity contribution in [3.05, 3.63) is 95.6 Å². The molecule has 8 heteroatoms. The molecule has 0 atom stereocenters. The summed E-state index contributed by atoms with van der Waals surface area (Å²) in [4.78, 5) is 24.4. The summed E-state index contributed by atoms with van der Waals surface area (Å²) >= 11 is 0. The second-order valence-electron chi connectivity index (χ2n) is 6.61. The van der Waals surface area contributed by atoms with Gasteiger partial charge in [0.25, 0.3) is 21.8 Å². The highest BCUT2D eigenvalue weighted by molar-refractivity contribution is 7.92. The van der Waals surface area contributed by atoms with Gasteiger partial charge in [0.2, 0.25) is 0 Å². The first-order valence-corrected chi connectivity index (χ1v) is 10.5. The maximum atomic E-state index is 12.8. The zero-order valence-corrected chi connectivity index (χ0v) is 17.3. The normalized spacial score (nSPS) is 10.9. The Hall–Kier alpha value is -3.65. The average Bonchev–Trinajstić information content (AvgIpc) is 2.77. The molecule has 3 aromatic rings. The van der Waals surface area contributed by atoms with Gasteiger partial charge in [-0.2, -0.15) is 0 Å². The molecule has 0 bridgehead atoms. The molecule has 0 radical (unpaired) electrons. The molecule has 0 aliphatic carbocycles. The molecule has 0 aliphatic heterocycles. The summed E-state index contributed by atoms with van der Waals surface area (Å²) in [6, 6.07) is 21.1. The Kier molecular flexibility index (Phi) is 6.17. The van der Waals surface area contributed by atoms with Crippen LogP contribution in [-0.2, 0) is 10.0 Å². The molecule has 7 nitrogen and oxygen atoms in total. The molecule has 0 saturated heterocycles. The minimum Gasteiger partial charge on any atom is -0.269 e. The number of amides is 2. The fraction of sp³-hybridized carbons (Fsp3) is 0.0909. The third kappa shape index (κ3) is 4.66. The van der Waals surface area contributed by atoms with Crippen LogP contribution in [0.25, 0.3) is 0 Å². The number of rotatable bonds is 5. The van der Waals surface area contributed by atoms with Crippen molar-refractivity contribution in [2.24, 2.45) is 0 Å². The number of para-hydroxylation sites is 1. The lowest BCUT2D eigenvalue weighted by molar-refractivity contribution is 0.0846. The Morgan fingerprint density at radius 1 is 0.733 bits per heavy atom. The van der Waals surface area contributed by atoms with E-state index >= 15 is 0 Å². The lowest BCUT2D eigenvalue weighted by Gasteiger charge is -2.19. The molecule has 0 aliphatic rings. The molecule has 3 aromatic carbocycles. The smallest absolute Gasteiger partial charge is 0.269 e. The standard InChI is InChI=1S/C22H21N3O4S/c1-16-8-10-17(11-9-16)21(26)23-24-22(27)18-12-14-20(15-13-18)30(28,29)25(2)19-6-4-3-5-7-19/h3-15H,1-2H3,(H,23,26)(H,24,27). The van der Waals surface area contributed by atoms with E-state index in [1.165, 1.54) is 35.6 Å². The molecule has 0 saturated carbocycles. The predicted molar refractivity (Wildman–Crippen MR) is 115 cm³/mol. The average molecular weight is 423 g/mol. The SMILES string of the molecule is Cc1ccc(C(=O)NNC(=O)c2ccc(S(=O)(=O)N(C)c3ccccc3)cc2)cc1. The summed E-state index contributed by atoms with van der Waals surface area (Å²) in [5, 5.41) is 0. The Labute approximate surface area is 175 Å². The quantitative estimate of drug-likeness (QED) is 0.617. The highest BCUT2D eigenvalue weighted by Crippen LogP contribution is 2.21. The summed E-state index contributed by atoms with van der Waals surface area (Å²) in [5.41, 5.74) is 6.82. The number of aryl methyl sites for hydroxylation is 1. The second-order valence-corrected chi connectivity index (χ2v) is 8.58. The predicted octanol–water partition coefficient (Wildman–Crippen LogP) is 2.89. The van der Waals surface area contributed by atoms with Crippen LogP contribution < -0.4 is 15.2 Å². The topological polar surface area (TPSA) is 95.6 Å². The lowest BCUT2D eigenvalue weighted by Crippen LogP contribution is -2.41. The summed E-state index contributed by atoms with van der Waals surface area (Å²) < 4.78 is 26.7. The van der Waals surface area contributed by atoms with Gasteiger partial charge in [0, 0.05) is 18.2 Å². The fourth-order valence-electron chi connectivity index (χ4n) is 2.68.